The molecule has 1 amide bonds. The maximum Gasteiger partial charge on any atom is 0.211 e. The molecule has 0 radical (unpaired) electrons. The number of rotatable bonds is 5. The summed E-state index contributed by atoms with van der Waals surface area (Å²) < 4.78 is 0. The van der Waals surface area contributed by atoms with E-state index < -0.39 is 0 Å². The number of anilines is 2. The van der Waals surface area contributed by atoms with Gasteiger partial charge in [-0.05, 0) is 49.9 Å². The number of hydrogen-bond acceptors (Lipinski definition) is 4. The highest BCUT2D eigenvalue weighted by molar-refractivity contribution is 5.94. The number of aliphatic imine (C=N–C) groups is 1. The third kappa shape index (κ3) is 11.1. The lowest BCUT2D eigenvalue weighted by atomic mass is 9.82. The second-order valence-corrected chi connectivity index (χ2v) is 8.24. The van der Waals surface area contributed by atoms with Crippen molar-refractivity contribution in [3.8, 4) is 6.19 Å². The van der Waals surface area contributed by atoms with E-state index in [1.165, 1.54) is 0 Å². The monoisotopic (exact) mass is 394 g/mol. The Morgan fingerprint density at radius 2 is 1.69 bits per heavy atom. The van der Waals surface area contributed by atoms with Crippen molar-refractivity contribution in [2.24, 2.45) is 10.4 Å². The van der Waals surface area contributed by atoms with Crippen molar-refractivity contribution in [1.29, 1.82) is 5.26 Å². The Balaban J connectivity index is 0.000000387. The van der Waals surface area contributed by atoms with Crippen LogP contribution < -0.4 is 16.0 Å². The summed E-state index contributed by atoms with van der Waals surface area (Å²) in [5, 5.41) is 17.1. The molecule has 2 aromatic rings. The van der Waals surface area contributed by atoms with Crippen molar-refractivity contribution >= 4 is 23.7 Å². The number of aromatic nitrogens is 1. The van der Waals surface area contributed by atoms with Gasteiger partial charge in [0, 0.05) is 23.8 Å². The summed E-state index contributed by atoms with van der Waals surface area (Å²) in [5.41, 5.74) is 1.57. The van der Waals surface area contributed by atoms with Crippen LogP contribution in [-0.4, -0.2) is 22.9 Å². The largest absolute Gasteiger partial charge is 0.329 e. The van der Waals surface area contributed by atoms with E-state index in [1.807, 2.05) is 48.7 Å². The van der Waals surface area contributed by atoms with Crippen LogP contribution in [0.3, 0.4) is 0 Å². The third-order valence-corrected chi connectivity index (χ3v) is 3.49. The molecule has 2 rings (SSSR count). The third-order valence-electron chi connectivity index (χ3n) is 3.49. The Bertz CT molecular complexity index is 805. The van der Waals surface area contributed by atoms with Gasteiger partial charge in [0.1, 0.15) is 0 Å². The first-order valence-corrected chi connectivity index (χ1v) is 9.32. The lowest BCUT2D eigenvalue weighted by Gasteiger charge is -2.29. The first-order chi connectivity index (χ1) is 13.6. The van der Waals surface area contributed by atoms with E-state index in [1.54, 1.807) is 12.4 Å². The van der Waals surface area contributed by atoms with Crippen molar-refractivity contribution in [2.75, 3.05) is 10.6 Å². The molecule has 0 atom stereocenters. The molecule has 0 saturated heterocycles. The van der Waals surface area contributed by atoms with Gasteiger partial charge < -0.3 is 10.6 Å². The van der Waals surface area contributed by atoms with Crippen LogP contribution in [0.4, 0.5) is 11.4 Å². The number of pyridine rings is 1. The van der Waals surface area contributed by atoms with Crippen LogP contribution in [-0.2, 0) is 4.79 Å². The Labute approximate surface area is 173 Å². The second kappa shape index (κ2) is 11.4. The molecule has 29 heavy (non-hydrogen) atoms. The predicted molar refractivity (Wildman–Crippen MR) is 118 cm³/mol. The molecule has 0 aliphatic heterocycles. The maximum absolute atomic E-state index is 9.86. The number of nitrogens with one attached hydrogen (secondary N) is 3. The van der Waals surface area contributed by atoms with E-state index in [-0.39, 0.29) is 11.0 Å². The molecule has 0 fully saturated rings. The molecule has 7 heteroatoms. The zero-order valence-electron chi connectivity index (χ0n) is 17.7. The van der Waals surface area contributed by atoms with Gasteiger partial charge in [0.15, 0.2) is 6.19 Å². The first kappa shape index (κ1) is 23.6. The molecular formula is C22H30N6O. The summed E-state index contributed by atoms with van der Waals surface area (Å²) in [5.74, 6) is 0.452. The highest BCUT2D eigenvalue weighted by atomic mass is 16.1. The molecule has 1 aromatic carbocycles. The van der Waals surface area contributed by atoms with Gasteiger partial charge in [0.05, 0.1) is 5.54 Å². The SMILES string of the molecule is CC(C)(C)CC(C)(C)N=C(NC#N)Nc1ccncc1.O=CNc1ccccc1. The molecule has 1 heterocycles. The van der Waals surface area contributed by atoms with Crippen LogP contribution >= 0.6 is 0 Å². The number of hydrogen-bond donors (Lipinski definition) is 3. The second-order valence-electron chi connectivity index (χ2n) is 8.24. The first-order valence-electron chi connectivity index (χ1n) is 9.32. The fourth-order valence-corrected chi connectivity index (χ4v) is 2.95. The van der Waals surface area contributed by atoms with Crippen molar-refractivity contribution in [2.45, 2.75) is 46.6 Å². The van der Waals surface area contributed by atoms with Gasteiger partial charge in [-0.15, -0.1) is 0 Å². The standard InChI is InChI=1S/C15H23N5.C7H7NO/c1-14(2,3)10-15(4,5)20-13(18-11-16)19-12-6-8-17-9-7-12;9-6-8-7-4-2-1-3-5-7/h6-9H,10H2,1-5H3,(H2,17,18,19,20);1-6H,(H,8,9). The average Bonchev–Trinajstić information content (AvgIpc) is 2.62. The fraction of sp³-hybridized carbons (Fsp3) is 0.364. The van der Waals surface area contributed by atoms with Crippen LogP contribution in [0, 0.1) is 16.9 Å². The topological polar surface area (TPSA) is 102 Å². The zero-order chi connectivity index (χ0) is 21.8. The molecule has 3 N–H and O–H groups in total. The van der Waals surface area contributed by atoms with E-state index in [0.29, 0.717) is 12.4 Å². The minimum absolute atomic E-state index is 0.168. The summed E-state index contributed by atoms with van der Waals surface area (Å²) >= 11 is 0. The minimum atomic E-state index is -0.266. The number of para-hydroxylation sites is 1. The van der Waals surface area contributed by atoms with Gasteiger partial charge in [-0.1, -0.05) is 39.0 Å². The summed E-state index contributed by atoms with van der Waals surface area (Å²) in [4.78, 5) is 18.4. The summed E-state index contributed by atoms with van der Waals surface area (Å²) in [7, 11) is 0. The molecule has 154 valence electrons. The number of carbonyl (C=O) groups excluding carboxylic acids is 1. The van der Waals surface area contributed by atoms with Gasteiger partial charge >= 0.3 is 0 Å². The van der Waals surface area contributed by atoms with Crippen LogP contribution in [0.1, 0.15) is 41.0 Å². The van der Waals surface area contributed by atoms with E-state index in [0.717, 1.165) is 17.8 Å². The predicted octanol–water partition coefficient (Wildman–Crippen LogP) is 4.39. The van der Waals surface area contributed by atoms with Gasteiger partial charge in [-0.3, -0.25) is 15.1 Å². The Hall–Kier alpha value is -3.40. The Morgan fingerprint density at radius 1 is 1.07 bits per heavy atom. The van der Waals surface area contributed by atoms with Gasteiger partial charge in [0.2, 0.25) is 12.4 Å². The molecule has 0 unspecified atom stereocenters. The molecular weight excluding hydrogens is 364 g/mol. The number of carbonyl (C=O) groups is 1. The van der Waals surface area contributed by atoms with Gasteiger partial charge in [0.25, 0.3) is 0 Å². The van der Waals surface area contributed by atoms with E-state index in [4.69, 9.17) is 5.26 Å². The maximum atomic E-state index is 9.86. The highest BCUT2D eigenvalue weighted by Crippen LogP contribution is 2.29. The van der Waals surface area contributed by atoms with Crippen LogP contribution in [0.5, 0.6) is 0 Å². The van der Waals surface area contributed by atoms with Crippen LogP contribution in [0.2, 0.25) is 0 Å². The lowest BCUT2D eigenvalue weighted by molar-refractivity contribution is -0.105. The molecule has 0 bridgehead atoms. The van der Waals surface area contributed by atoms with Crippen molar-refractivity contribution in [1.82, 2.24) is 10.3 Å². The van der Waals surface area contributed by atoms with Gasteiger partial charge in [-0.2, -0.15) is 5.26 Å². The molecule has 0 saturated carbocycles. The number of amides is 1. The number of nitrogens with zero attached hydrogens (tertiary/aromatic N) is 3. The number of nitriles is 1. The van der Waals surface area contributed by atoms with Crippen molar-refractivity contribution in [3.05, 3.63) is 54.9 Å². The smallest absolute Gasteiger partial charge is 0.211 e. The molecule has 1 aromatic heterocycles. The summed E-state index contributed by atoms with van der Waals surface area (Å²) in [6.45, 7) is 10.7. The fourth-order valence-electron chi connectivity index (χ4n) is 2.95. The van der Waals surface area contributed by atoms with E-state index in [9.17, 15) is 4.79 Å². The average molecular weight is 395 g/mol. The van der Waals surface area contributed by atoms with Crippen LogP contribution in [0.25, 0.3) is 0 Å². The quantitative estimate of drug-likeness (QED) is 0.229. The number of guanidine groups is 1. The van der Waals surface area contributed by atoms with Gasteiger partial charge in [-0.25, -0.2) is 4.99 Å². The van der Waals surface area contributed by atoms with Crippen LogP contribution in [0.15, 0.2) is 59.9 Å². The highest BCUT2D eigenvalue weighted by Gasteiger charge is 2.25. The van der Waals surface area contributed by atoms with Crippen molar-refractivity contribution < 1.29 is 4.79 Å². The lowest BCUT2D eigenvalue weighted by Crippen LogP contribution is -2.33. The molecule has 7 nitrogen and oxygen atoms in total. The summed E-state index contributed by atoms with van der Waals surface area (Å²) in [6, 6.07) is 12.9. The zero-order valence-corrected chi connectivity index (χ0v) is 17.7. The molecule has 0 spiro atoms. The van der Waals surface area contributed by atoms with E-state index >= 15 is 0 Å². The summed E-state index contributed by atoms with van der Waals surface area (Å²) in [6.07, 6.45) is 6.86. The normalized spacial score (nSPS) is 11.4. The van der Waals surface area contributed by atoms with E-state index in [2.05, 4.69) is 60.5 Å². The number of benzene rings is 1. The molecule has 0 aliphatic carbocycles. The Kier molecular flexibility index (Phi) is 9.33. The van der Waals surface area contributed by atoms with Crippen molar-refractivity contribution in [3.63, 3.8) is 0 Å². The minimum Gasteiger partial charge on any atom is -0.329 e. The molecule has 0 aliphatic rings. The Morgan fingerprint density at radius 3 is 2.21 bits per heavy atom.